The first-order chi connectivity index (χ1) is 12.0. The lowest BCUT2D eigenvalue weighted by molar-refractivity contribution is -0.144. The van der Waals surface area contributed by atoms with Crippen LogP contribution in [-0.2, 0) is 14.3 Å². The molecule has 0 saturated heterocycles. The van der Waals surface area contributed by atoms with Crippen molar-refractivity contribution in [2.24, 2.45) is 0 Å². The van der Waals surface area contributed by atoms with Crippen LogP contribution in [0.5, 0.6) is 5.75 Å². The molecule has 5 nitrogen and oxygen atoms in total. The van der Waals surface area contributed by atoms with E-state index in [1.165, 1.54) is 18.9 Å². The van der Waals surface area contributed by atoms with E-state index in [9.17, 15) is 9.59 Å². The highest BCUT2D eigenvalue weighted by Gasteiger charge is 2.12. The first-order valence-corrected chi connectivity index (χ1v) is 8.83. The molecule has 0 saturated carbocycles. The molecule has 25 heavy (non-hydrogen) atoms. The molecule has 132 valence electrons. The monoisotopic (exact) mass is 379 g/mol. The Hall–Kier alpha value is -2.18. The Bertz CT molecular complexity index is 766. The maximum atomic E-state index is 11.9. The number of hydrogen-bond acceptors (Lipinski definition) is 5. The van der Waals surface area contributed by atoms with Crippen LogP contribution in [0.3, 0.4) is 0 Å². The number of hydrogen-bond donors (Lipinski definition) is 1. The number of nitrogens with one attached hydrogen (secondary N) is 1. The summed E-state index contributed by atoms with van der Waals surface area (Å²) in [6.07, 6.45) is 0. The number of rotatable bonds is 7. The van der Waals surface area contributed by atoms with Crippen molar-refractivity contribution < 1.29 is 19.1 Å². The molecule has 0 aliphatic carbocycles. The highest BCUT2D eigenvalue weighted by molar-refractivity contribution is 8.00. The number of benzene rings is 2. The molecular weight excluding hydrogens is 362 g/mol. The fourth-order valence-electron chi connectivity index (χ4n) is 2.01. The Kier molecular flexibility index (Phi) is 7.16. The van der Waals surface area contributed by atoms with Gasteiger partial charge in [0.05, 0.1) is 18.6 Å². The summed E-state index contributed by atoms with van der Waals surface area (Å²) in [6.45, 7) is 1.60. The van der Waals surface area contributed by atoms with Gasteiger partial charge in [0, 0.05) is 9.92 Å². The standard InChI is InChI=1S/C18H18ClNO4S/c1-12-5-3-4-6-16(12)25-11-18(22)24-10-17(21)20-14-9-13(19)7-8-15(14)23-2/h3-9H,10-11H2,1-2H3,(H,20,21). The Morgan fingerprint density at radius 1 is 1.20 bits per heavy atom. The number of halogens is 1. The van der Waals surface area contributed by atoms with Crippen molar-refractivity contribution in [3.63, 3.8) is 0 Å². The number of esters is 1. The van der Waals surface area contributed by atoms with Gasteiger partial charge in [0.1, 0.15) is 5.75 Å². The Morgan fingerprint density at radius 3 is 2.68 bits per heavy atom. The summed E-state index contributed by atoms with van der Waals surface area (Å²) in [6, 6.07) is 12.6. The highest BCUT2D eigenvalue weighted by Crippen LogP contribution is 2.27. The second-order valence-corrected chi connectivity index (χ2v) is 6.56. The van der Waals surface area contributed by atoms with E-state index in [-0.39, 0.29) is 12.4 Å². The smallest absolute Gasteiger partial charge is 0.316 e. The lowest BCUT2D eigenvalue weighted by atomic mass is 10.2. The highest BCUT2D eigenvalue weighted by atomic mass is 35.5. The number of amides is 1. The number of aryl methyl sites for hydroxylation is 1. The van der Waals surface area contributed by atoms with Crippen molar-refractivity contribution in [1.29, 1.82) is 0 Å². The summed E-state index contributed by atoms with van der Waals surface area (Å²) in [5.41, 5.74) is 1.51. The predicted molar refractivity (Wildman–Crippen MR) is 99.5 cm³/mol. The molecule has 0 aromatic heterocycles. The van der Waals surface area contributed by atoms with Gasteiger partial charge >= 0.3 is 5.97 Å². The molecule has 0 radical (unpaired) electrons. The van der Waals surface area contributed by atoms with E-state index in [2.05, 4.69) is 5.32 Å². The molecule has 2 rings (SSSR count). The lowest BCUT2D eigenvalue weighted by Crippen LogP contribution is -2.22. The first kappa shape index (κ1) is 19.1. The fraction of sp³-hybridized carbons (Fsp3) is 0.222. The van der Waals surface area contributed by atoms with Gasteiger partial charge in [0.25, 0.3) is 5.91 Å². The van der Waals surface area contributed by atoms with Gasteiger partial charge in [-0.3, -0.25) is 9.59 Å². The van der Waals surface area contributed by atoms with Gasteiger partial charge in [-0.2, -0.15) is 0 Å². The minimum Gasteiger partial charge on any atom is -0.495 e. The van der Waals surface area contributed by atoms with E-state index in [4.69, 9.17) is 21.1 Å². The molecule has 7 heteroatoms. The van der Waals surface area contributed by atoms with Crippen LogP contribution in [0.1, 0.15) is 5.56 Å². The van der Waals surface area contributed by atoms with Gasteiger partial charge in [-0.05, 0) is 36.8 Å². The molecule has 0 aliphatic heterocycles. The third-order valence-electron chi connectivity index (χ3n) is 3.24. The normalized spacial score (nSPS) is 10.2. The molecule has 0 unspecified atom stereocenters. The molecule has 0 aliphatic rings. The van der Waals surface area contributed by atoms with E-state index in [0.29, 0.717) is 16.5 Å². The Labute approximate surface area is 155 Å². The SMILES string of the molecule is COc1ccc(Cl)cc1NC(=O)COC(=O)CSc1ccccc1C. The second kappa shape index (κ2) is 9.34. The zero-order chi connectivity index (χ0) is 18.2. The van der Waals surface area contributed by atoms with Crippen molar-refractivity contribution in [3.05, 3.63) is 53.1 Å². The van der Waals surface area contributed by atoms with E-state index >= 15 is 0 Å². The van der Waals surface area contributed by atoms with E-state index in [1.807, 2.05) is 31.2 Å². The van der Waals surface area contributed by atoms with E-state index < -0.39 is 11.9 Å². The molecule has 0 atom stereocenters. The van der Waals surface area contributed by atoms with Gasteiger partial charge in [-0.15, -0.1) is 11.8 Å². The number of carbonyl (C=O) groups excluding carboxylic acids is 2. The second-order valence-electron chi connectivity index (χ2n) is 5.11. The largest absolute Gasteiger partial charge is 0.495 e. The molecule has 0 heterocycles. The molecule has 0 bridgehead atoms. The summed E-state index contributed by atoms with van der Waals surface area (Å²) in [5, 5.41) is 3.07. The van der Waals surface area contributed by atoms with Crippen LogP contribution in [0.25, 0.3) is 0 Å². The van der Waals surface area contributed by atoms with E-state index in [0.717, 1.165) is 10.5 Å². The molecule has 1 amide bonds. The minimum atomic E-state index is -0.463. The van der Waals surface area contributed by atoms with Crippen LogP contribution in [0.4, 0.5) is 5.69 Å². The maximum absolute atomic E-state index is 11.9. The predicted octanol–water partition coefficient (Wildman–Crippen LogP) is 3.93. The number of ether oxygens (including phenoxy) is 2. The maximum Gasteiger partial charge on any atom is 0.316 e. The van der Waals surface area contributed by atoms with Crippen LogP contribution in [0, 0.1) is 6.92 Å². The summed E-state index contributed by atoms with van der Waals surface area (Å²) in [5.74, 6) is -0.311. The Balaban J connectivity index is 1.81. The lowest BCUT2D eigenvalue weighted by Gasteiger charge is -2.11. The molecule has 1 N–H and O–H groups in total. The van der Waals surface area contributed by atoms with Gasteiger partial charge in [0.2, 0.25) is 0 Å². The number of carbonyl (C=O) groups is 2. The third kappa shape index (κ3) is 5.99. The quantitative estimate of drug-likeness (QED) is 0.583. The summed E-state index contributed by atoms with van der Waals surface area (Å²) in [4.78, 5) is 24.7. The van der Waals surface area contributed by atoms with Gasteiger partial charge < -0.3 is 14.8 Å². The average molecular weight is 380 g/mol. The topological polar surface area (TPSA) is 64.6 Å². The van der Waals surface area contributed by atoms with Crippen LogP contribution in [-0.4, -0.2) is 31.3 Å². The van der Waals surface area contributed by atoms with Gasteiger partial charge in [-0.1, -0.05) is 29.8 Å². The van der Waals surface area contributed by atoms with Crippen LogP contribution in [0.15, 0.2) is 47.4 Å². The van der Waals surface area contributed by atoms with Crippen molar-refractivity contribution in [2.75, 3.05) is 24.8 Å². The minimum absolute atomic E-state index is 0.138. The van der Waals surface area contributed by atoms with Crippen molar-refractivity contribution in [2.45, 2.75) is 11.8 Å². The van der Waals surface area contributed by atoms with Crippen LogP contribution < -0.4 is 10.1 Å². The summed E-state index contributed by atoms with van der Waals surface area (Å²) in [7, 11) is 1.49. The van der Waals surface area contributed by atoms with Gasteiger partial charge in [0.15, 0.2) is 6.61 Å². The number of anilines is 1. The Morgan fingerprint density at radius 2 is 1.96 bits per heavy atom. The molecule has 0 fully saturated rings. The number of methoxy groups -OCH3 is 1. The molecule has 0 spiro atoms. The van der Waals surface area contributed by atoms with Crippen molar-refractivity contribution >= 4 is 40.9 Å². The first-order valence-electron chi connectivity index (χ1n) is 7.47. The molecule has 2 aromatic carbocycles. The van der Waals surface area contributed by atoms with Gasteiger partial charge in [-0.25, -0.2) is 0 Å². The summed E-state index contributed by atoms with van der Waals surface area (Å²) < 4.78 is 10.1. The fourth-order valence-corrected chi connectivity index (χ4v) is 3.01. The zero-order valence-electron chi connectivity index (χ0n) is 13.9. The number of thioether (sulfide) groups is 1. The van der Waals surface area contributed by atoms with Crippen LogP contribution >= 0.6 is 23.4 Å². The average Bonchev–Trinajstić information content (AvgIpc) is 2.59. The zero-order valence-corrected chi connectivity index (χ0v) is 15.4. The molecular formula is C18H18ClNO4S. The molecule has 2 aromatic rings. The third-order valence-corrected chi connectivity index (χ3v) is 4.62. The van der Waals surface area contributed by atoms with E-state index in [1.54, 1.807) is 18.2 Å². The van der Waals surface area contributed by atoms with Crippen molar-refractivity contribution in [1.82, 2.24) is 0 Å². The van der Waals surface area contributed by atoms with Crippen LogP contribution in [0.2, 0.25) is 5.02 Å². The summed E-state index contributed by atoms with van der Waals surface area (Å²) >= 11 is 7.28. The van der Waals surface area contributed by atoms with Crippen molar-refractivity contribution in [3.8, 4) is 5.75 Å².